The van der Waals surface area contributed by atoms with E-state index in [1.54, 1.807) is 6.20 Å². The first kappa shape index (κ1) is 13.6. The molecule has 0 radical (unpaired) electrons. The highest BCUT2D eigenvalue weighted by molar-refractivity contribution is 5.89. The lowest BCUT2D eigenvalue weighted by atomic mass is 10.0. The van der Waals surface area contributed by atoms with Crippen LogP contribution >= 0.6 is 0 Å². The number of benzene rings is 2. The summed E-state index contributed by atoms with van der Waals surface area (Å²) in [5.74, 6) is 0.356. The third-order valence-electron chi connectivity index (χ3n) is 3.71. The fourth-order valence-electron chi connectivity index (χ4n) is 2.49. The van der Waals surface area contributed by atoms with Crippen molar-refractivity contribution in [3.63, 3.8) is 0 Å². The largest absolute Gasteiger partial charge is 0.507 e. The number of aromatic nitrogens is 1. The average molecular weight is 278 g/mol. The molecule has 3 heteroatoms. The zero-order chi connectivity index (χ0) is 14.7. The summed E-state index contributed by atoms with van der Waals surface area (Å²) in [6, 6.07) is 17.8. The maximum absolute atomic E-state index is 10.5. The molecule has 21 heavy (non-hydrogen) atoms. The molecule has 1 aromatic heterocycles. The van der Waals surface area contributed by atoms with Crippen molar-refractivity contribution in [2.45, 2.75) is 19.5 Å². The quantitative estimate of drug-likeness (QED) is 0.763. The smallest absolute Gasteiger partial charge is 0.128 e. The lowest BCUT2D eigenvalue weighted by molar-refractivity contribution is 0.457. The Morgan fingerprint density at radius 1 is 1.05 bits per heavy atom. The van der Waals surface area contributed by atoms with Crippen LogP contribution in [0.4, 0.5) is 0 Å². The second-order valence-electron chi connectivity index (χ2n) is 5.15. The minimum atomic E-state index is 0.0524. The fourth-order valence-corrected chi connectivity index (χ4v) is 2.49. The Bertz CT molecular complexity index is 741. The van der Waals surface area contributed by atoms with Gasteiger partial charge in [-0.15, -0.1) is 0 Å². The van der Waals surface area contributed by atoms with Gasteiger partial charge in [0.05, 0.1) is 5.69 Å². The van der Waals surface area contributed by atoms with Gasteiger partial charge in [-0.25, -0.2) is 0 Å². The van der Waals surface area contributed by atoms with Gasteiger partial charge in [0, 0.05) is 29.7 Å². The van der Waals surface area contributed by atoms with Gasteiger partial charge in [0.25, 0.3) is 0 Å². The highest BCUT2D eigenvalue weighted by atomic mass is 16.3. The number of phenolic OH excluding ortho intramolecular Hbond substituents is 1. The Labute approximate surface area is 124 Å². The first-order valence-corrected chi connectivity index (χ1v) is 7.09. The molecular weight excluding hydrogens is 260 g/mol. The van der Waals surface area contributed by atoms with Gasteiger partial charge in [0.2, 0.25) is 0 Å². The van der Waals surface area contributed by atoms with Gasteiger partial charge in [-0.05, 0) is 24.4 Å². The van der Waals surface area contributed by atoms with E-state index >= 15 is 0 Å². The summed E-state index contributed by atoms with van der Waals surface area (Å²) in [6.07, 6.45) is 1.79. The molecule has 3 aromatic rings. The Kier molecular flexibility index (Phi) is 3.84. The van der Waals surface area contributed by atoms with Crippen molar-refractivity contribution < 1.29 is 5.11 Å². The molecule has 1 heterocycles. The highest BCUT2D eigenvalue weighted by Gasteiger charge is 2.12. The summed E-state index contributed by atoms with van der Waals surface area (Å²) in [7, 11) is 0. The van der Waals surface area contributed by atoms with Crippen molar-refractivity contribution in [3.05, 3.63) is 72.1 Å². The van der Waals surface area contributed by atoms with E-state index in [2.05, 4.69) is 10.3 Å². The van der Waals surface area contributed by atoms with E-state index in [0.717, 1.165) is 22.0 Å². The Morgan fingerprint density at radius 2 is 1.86 bits per heavy atom. The molecule has 0 spiro atoms. The maximum Gasteiger partial charge on any atom is 0.128 e. The predicted octanol–water partition coefficient (Wildman–Crippen LogP) is 3.79. The molecule has 0 aliphatic rings. The Hall–Kier alpha value is -2.39. The standard InChI is InChI=1S/C18H18N2O/c1-13(20-12-15-7-4-5-11-19-15)16-10-9-14-6-2-3-8-17(14)18(16)21/h2-11,13,20-21H,12H2,1H3. The van der Waals surface area contributed by atoms with Crippen LogP contribution in [0, 0.1) is 0 Å². The van der Waals surface area contributed by atoms with Gasteiger partial charge in [-0.1, -0.05) is 42.5 Å². The van der Waals surface area contributed by atoms with Gasteiger partial charge in [0.15, 0.2) is 0 Å². The van der Waals surface area contributed by atoms with Crippen molar-refractivity contribution >= 4 is 10.8 Å². The second kappa shape index (κ2) is 5.94. The highest BCUT2D eigenvalue weighted by Crippen LogP contribution is 2.32. The van der Waals surface area contributed by atoms with Gasteiger partial charge >= 0.3 is 0 Å². The first-order valence-electron chi connectivity index (χ1n) is 7.09. The molecule has 0 aliphatic carbocycles. The van der Waals surface area contributed by atoms with Crippen LogP contribution < -0.4 is 5.32 Å². The number of nitrogens with one attached hydrogen (secondary N) is 1. The predicted molar refractivity (Wildman–Crippen MR) is 85.1 cm³/mol. The number of fused-ring (bicyclic) bond motifs is 1. The van der Waals surface area contributed by atoms with Gasteiger partial charge in [0.1, 0.15) is 5.75 Å². The monoisotopic (exact) mass is 278 g/mol. The molecule has 3 nitrogen and oxygen atoms in total. The molecule has 0 saturated heterocycles. The molecule has 1 atom stereocenters. The third kappa shape index (κ3) is 2.88. The van der Waals surface area contributed by atoms with E-state index in [-0.39, 0.29) is 6.04 Å². The van der Waals surface area contributed by atoms with Gasteiger partial charge in [-0.2, -0.15) is 0 Å². The minimum absolute atomic E-state index is 0.0524. The van der Waals surface area contributed by atoms with Crippen molar-refractivity contribution in [1.29, 1.82) is 0 Å². The molecule has 3 rings (SSSR count). The normalized spacial score (nSPS) is 12.4. The van der Waals surface area contributed by atoms with E-state index in [0.29, 0.717) is 12.3 Å². The summed E-state index contributed by atoms with van der Waals surface area (Å²) in [5.41, 5.74) is 1.90. The molecule has 2 N–H and O–H groups in total. The molecule has 0 amide bonds. The van der Waals surface area contributed by atoms with E-state index in [1.807, 2.05) is 61.5 Å². The summed E-state index contributed by atoms with van der Waals surface area (Å²) in [6.45, 7) is 2.72. The lowest BCUT2D eigenvalue weighted by Crippen LogP contribution is -2.18. The summed E-state index contributed by atoms with van der Waals surface area (Å²) in [4.78, 5) is 4.29. The zero-order valence-electron chi connectivity index (χ0n) is 12.0. The minimum Gasteiger partial charge on any atom is -0.507 e. The number of pyridine rings is 1. The van der Waals surface area contributed by atoms with Crippen LogP contribution in [0.5, 0.6) is 5.75 Å². The van der Waals surface area contributed by atoms with Crippen LogP contribution in [0.3, 0.4) is 0 Å². The van der Waals surface area contributed by atoms with Crippen LogP contribution in [0.1, 0.15) is 24.2 Å². The molecular formula is C18H18N2O. The zero-order valence-corrected chi connectivity index (χ0v) is 12.0. The molecule has 0 aliphatic heterocycles. The molecule has 1 unspecified atom stereocenters. The van der Waals surface area contributed by atoms with E-state index in [9.17, 15) is 5.11 Å². The second-order valence-corrected chi connectivity index (χ2v) is 5.15. The third-order valence-corrected chi connectivity index (χ3v) is 3.71. The van der Waals surface area contributed by atoms with Crippen molar-refractivity contribution in [2.75, 3.05) is 0 Å². The number of rotatable bonds is 4. The molecule has 106 valence electrons. The topological polar surface area (TPSA) is 45.2 Å². The Morgan fingerprint density at radius 3 is 2.67 bits per heavy atom. The molecule has 0 fully saturated rings. The summed E-state index contributed by atoms with van der Waals surface area (Å²) < 4.78 is 0. The summed E-state index contributed by atoms with van der Waals surface area (Å²) >= 11 is 0. The number of nitrogens with zero attached hydrogens (tertiary/aromatic N) is 1. The van der Waals surface area contributed by atoms with E-state index in [1.165, 1.54) is 0 Å². The average Bonchev–Trinajstić information content (AvgIpc) is 2.54. The van der Waals surface area contributed by atoms with Crippen LogP contribution in [0.25, 0.3) is 10.8 Å². The molecule has 0 saturated carbocycles. The van der Waals surface area contributed by atoms with Crippen molar-refractivity contribution in [1.82, 2.24) is 10.3 Å². The SMILES string of the molecule is CC(NCc1ccccn1)c1ccc2ccccc2c1O. The van der Waals surface area contributed by atoms with Crippen molar-refractivity contribution in [3.8, 4) is 5.75 Å². The fraction of sp³-hybridized carbons (Fsp3) is 0.167. The van der Waals surface area contributed by atoms with Crippen LogP contribution in [-0.4, -0.2) is 10.1 Å². The molecule has 2 aromatic carbocycles. The van der Waals surface area contributed by atoms with Gasteiger partial charge in [-0.3, -0.25) is 4.98 Å². The van der Waals surface area contributed by atoms with Crippen LogP contribution in [0.15, 0.2) is 60.8 Å². The molecule has 0 bridgehead atoms. The van der Waals surface area contributed by atoms with Crippen molar-refractivity contribution in [2.24, 2.45) is 0 Å². The van der Waals surface area contributed by atoms with E-state index < -0.39 is 0 Å². The maximum atomic E-state index is 10.5. The Balaban J connectivity index is 1.81. The summed E-state index contributed by atoms with van der Waals surface area (Å²) in [5, 5.41) is 15.8. The first-order chi connectivity index (χ1) is 10.3. The number of phenols is 1. The van der Waals surface area contributed by atoms with Gasteiger partial charge < -0.3 is 10.4 Å². The number of hydrogen-bond acceptors (Lipinski definition) is 3. The lowest BCUT2D eigenvalue weighted by Gasteiger charge is -2.16. The number of hydrogen-bond donors (Lipinski definition) is 2. The number of aromatic hydroxyl groups is 1. The van der Waals surface area contributed by atoms with E-state index in [4.69, 9.17) is 0 Å². The van der Waals surface area contributed by atoms with Crippen LogP contribution in [-0.2, 0) is 6.54 Å². The van der Waals surface area contributed by atoms with Crippen LogP contribution in [0.2, 0.25) is 0 Å².